The summed E-state index contributed by atoms with van der Waals surface area (Å²) >= 11 is 11.9. The zero-order valence-corrected chi connectivity index (χ0v) is 12.2. The number of halogens is 2. The predicted molar refractivity (Wildman–Crippen MR) is 79.7 cm³/mol. The molecule has 1 aliphatic rings. The van der Waals surface area contributed by atoms with E-state index in [0.717, 1.165) is 0 Å². The Kier molecular flexibility index (Phi) is 5.04. The van der Waals surface area contributed by atoms with Crippen molar-refractivity contribution < 1.29 is 9.59 Å². The van der Waals surface area contributed by atoms with Gasteiger partial charge in [0.05, 0.1) is 10.0 Å². The highest BCUT2D eigenvalue weighted by atomic mass is 35.5. The maximum atomic E-state index is 11.8. The topological polar surface area (TPSA) is 58.2 Å². The van der Waals surface area contributed by atoms with Gasteiger partial charge in [0.25, 0.3) is 0 Å². The SMILES string of the molecule is O=C(C=Cc1cccc(Cl)c1Cl)NC1CCC(=O)NC1. The third-order valence-corrected chi connectivity index (χ3v) is 3.84. The van der Waals surface area contributed by atoms with Crippen LogP contribution in [0.25, 0.3) is 6.08 Å². The molecule has 1 aromatic rings. The number of piperidine rings is 1. The van der Waals surface area contributed by atoms with Crippen LogP contribution < -0.4 is 10.6 Å². The van der Waals surface area contributed by atoms with Gasteiger partial charge in [-0.05, 0) is 24.1 Å². The van der Waals surface area contributed by atoms with Crippen molar-refractivity contribution in [3.05, 3.63) is 39.9 Å². The molecule has 0 aromatic heterocycles. The van der Waals surface area contributed by atoms with Crippen molar-refractivity contribution in [3.63, 3.8) is 0 Å². The molecule has 1 atom stereocenters. The molecule has 2 amide bonds. The number of rotatable bonds is 3. The number of benzene rings is 1. The summed E-state index contributed by atoms with van der Waals surface area (Å²) < 4.78 is 0. The van der Waals surface area contributed by atoms with Crippen LogP contribution in [0.2, 0.25) is 10.0 Å². The largest absolute Gasteiger partial charge is 0.354 e. The van der Waals surface area contributed by atoms with Crippen LogP contribution in [0.5, 0.6) is 0 Å². The average Bonchev–Trinajstić information content (AvgIpc) is 2.43. The fraction of sp³-hybridized carbons (Fsp3) is 0.286. The van der Waals surface area contributed by atoms with Crippen LogP contribution >= 0.6 is 23.2 Å². The zero-order valence-electron chi connectivity index (χ0n) is 10.7. The van der Waals surface area contributed by atoms with Gasteiger partial charge >= 0.3 is 0 Å². The Morgan fingerprint density at radius 1 is 1.40 bits per heavy atom. The number of hydrogen-bond donors (Lipinski definition) is 2. The van der Waals surface area contributed by atoms with Gasteiger partial charge in [0.15, 0.2) is 0 Å². The summed E-state index contributed by atoms with van der Waals surface area (Å²) in [6, 6.07) is 5.20. The highest BCUT2D eigenvalue weighted by Crippen LogP contribution is 2.26. The van der Waals surface area contributed by atoms with Crippen molar-refractivity contribution in [2.24, 2.45) is 0 Å². The molecule has 2 N–H and O–H groups in total. The van der Waals surface area contributed by atoms with Gasteiger partial charge in [-0.1, -0.05) is 35.3 Å². The molecule has 0 aliphatic carbocycles. The molecule has 6 heteroatoms. The molecular weight excluding hydrogens is 299 g/mol. The summed E-state index contributed by atoms with van der Waals surface area (Å²) in [5.74, 6) is -0.195. The second-order valence-electron chi connectivity index (χ2n) is 4.52. The van der Waals surface area contributed by atoms with Gasteiger partial charge in [-0.3, -0.25) is 9.59 Å². The molecule has 0 radical (unpaired) electrons. The van der Waals surface area contributed by atoms with Crippen LogP contribution in [0, 0.1) is 0 Å². The van der Waals surface area contributed by atoms with E-state index in [0.29, 0.717) is 35.0 Å². The lowest BCUT2D eigenvalue weighted by Gasteiger charge is -2.22. The van der Waals surface area contributed by atoms with E-state index in [9.17, 15) is 9.59 Å². The molecule has 2 rings (SSSR count). The summed E-state index contributed by atoms with van der Waals surface area (Å²) in [5.41, 5.74) is 0.686. The first-order valence-corrected chi connectivity index (χ1v) is 7.01. The Labute approximate surface area is 127 Å². The van der Waals surface area contributed by atoms with Gasteiger partial charge < -0.3 is 10.6 Å². The second kappa shape index (κ2) is 6.77. The van der Waals surface area contributed by atoms with E-state index in [1.165, 1.54) is 6.08 Å². The molecule has 1 heterocycles. The van der Waals surface area contributed by atoms with E-state index in [4.69, 9.17) is 23.2 Å². The average molecular weight is 313 g/mol. The van der Waals surface area contributed by atoms with Crippen molar-refractivity contribution >= 4 is 41.1 Å². The molecule has 1 fully saturated rings. The minimum Gasteiger partial charge on any atom is -0.354 e. The first kappa shape index (κ1) is 14.9. The Balaban J connectivity index is 1.92. The third-order valence-electron chi connectivity index (χ3n) is 3.01. The van der Waals surface area contributed by atoms with E-state index in [1.807, 2.05) is 0 Å². The van der Waals surface area contributed by atoms with Gasteiger partial charge in [-0.25, -0.2) is 0 Å². The Bertz CT molecular complexity index is 548. The molecule has 0 bridgehead atoms. The van der Waals surface area contributed by atoms with Gasteiger partial charge in [0.1, 0.15) is 0 Å². The van der Waals surface area contributed by atoms with E-state index in [1.54, 1.807) is 24.3 Å². The normalized spacial score (nSPS) is 18.9. The van der Waals surface area contributed by atoms with Crippen molar-refractivity contribution in [1.82, 2.24) is 10.6 Å². The molecule has 0 spiro atoms. The van der Waals surface area contributed by atoms with Crippen molar-refractivity contribution in [2.75, 3.05) is 6.54 Å². The predicted octanol–water partition coefficient (Wildman–Crippen LogP) is 2.40. The zero-order chi connectivity index (χ0) is 14.5. The first-order chi connectivity index (χ1) is 9.56. The van der Waals surface area contributed by atoms with Gasteiger partial charge in [-0.15, -0.1) is 0 Å². The highest BCUT2D eigenvalue weighted by molar-refractivity contribution is 6.42. The molecule has 4 nitrogen and oxygen atoms in total. The van der Waals surface area contributed by atoms with Crippen LogP contribution in [0.3, 0.4) is 0 Å². The second-order valence-corrected chi connectivity index (χ2v) is 5.31. The molecule has 1 aliphatic heterocycles. The van der Waals surface area contributed by atoms with Gasteiger partial charge in [0, 0.05) is 25.1 Å². The van der Waals surface area contributed by atoms with Gasteiger partial charge in [0.2, 0.25) is 11.8 Å². The first-order valence-electron chi connectivity index (χ1n) is 6.25. The van der Waals surface area contributed by atoms with Crippen molar-refractivity contribution in [3.8, 4) is 0 Å². The summed E-state index contributed by atoms with van der Waals surface area (Å²) in [5, 5.41) is 6.41. The molecule has 1 unspecified atom stereocenters. The van der Waals surface area contributed by atoms with Crippen LogP contribution in [0.4, 0.5) is 0 Å². The lowest BCUT2D eigenvalue weighted by molar-refractivity contribution is -0.124. The Morgan fingerprint density at radius 3 is 2.90 bits per heavy atom. The van der Waals surface area contributed by atoms with Crippen LogP contribution in [0.1, 0.15) is 18.4 Å². The van der Waals surface area contributed by atoms with E-state index in [2.05, 4.69) is 10.6 Å². The number of amides is 2. The molecular formula is C14H14Cl2N2O2. The quantitative estimate of drug-likeness (QED) is 0.842. The van der Waals surface area contributed by atoms with E-state index < -0.39 is 0 Å². The number of carbonyl (C=O) groups is 2. The summed E-state index contributed by atoms with van der Waals surface area (Å²) in [6.45, 7) is 0.469. The molecule has 106 valence electrons. The third kappa shape index (κ3) is 3.99. The maximum Gasteiger partial charge on any atom is 0.244 e. The van der Waals surface area contributed by atoms with Crippen LogP contribution in [-0.2, 0) is 9.59 Å². The van der Waals surface area contributed by atoms with Crippen LogP contribution in [-0.4, -0.2) is 24.4 Å². The van der Waals surface area contributed by atoms with E-state index >= 15 is 0 Å². The number of nitrogens with one attached hydrogen (secondary N) is 2. The summed E-state index contributed by atoms with van der Waals surface area (Å²) in [6.07, 6.45) is 4.12. The standard InChI is InChI=1S/C14H14Cl2N2O2/c15-11-3-1-2-9(14(11)16)4-6-13(20)18-10-5-7-12(19)17-8-10/h1-4,6,10H,5,7-8H2,(H,17,19)(H,18,20). The summed E-state index contributed by atoms with van der Waals surface area (Å²) in [4.78, 5) is 22.8. The lowest BCUT2D eigenvalue weighted by Crippen LogP contribution is -2.47. The fourth-order valence-corrected chi connectivity index (χ4v) is 2.29. The lowest BCUT2D eigenvalue weighted by atomic mass is 10.1. The highest BCUT2D eigenvalue weighted by Gasteiger charge is 2.18. The van der Waals surface area contributed by atoms with Crippen LogP contribution in [0.15, 0.2) is 24.3 Å². The Morgan fingerprint density at radius 2 is 2.20 bits per heavy atom. The van der Waals surface area contributed by atoms with Gasteiger partial charge in [-0.2, -0.15) is 0 Å². The number of hydrogen-bond acceptors (Lipinski definition) is 2. The molecule has 1 aromatic carbocycles. The molecule has 1 saturated heterocycles. The Hall–Kier alpha value is -1.52. The van der Waals surface area contributed by atoms with Crippen molar-refractivity contribution in [1.29, 1.82) is 0 Å². The minimum absolute atomic E-state index is 0.0248. The van der Waals surface area contributed by atoms with E-state index in [-0.39, 0.29) is 17.9 Å². The monoisotopic (exact) mass is 312 g/mol. The fourth-order valence-electron chi connectivity index (χ4n) is 1.92. The molecule has 0 saturated carbocycles. The number of carbonyl (C=O) groups excluding carboxylic acids is 2. The summed E-state index contributed by atoms with van der Waals surface area (Å²) in [7, 11) is 0. The smallest absolute Gasteiger partial charge is 0.244 e. The molecule has 20 heavy (non-hydrogen) atoms. The van der Waals surface area contributed by atoms with Crippen molar-refractivity contribution in [2.45, 2.75) is 18.9 Å². The minimum atomic E-state index is -0.220. The maximum absolute atomic E-state index is 11.8.